The Balaban J connectivity index is 2.19. The largest absolute Gasteiger partial charge is 0.480 e. The van der Waals surface area contributed by atoms with Crippen molar-refractivity contribution >= 4 is 5.97 Å². The molecule has 0 spiro atoms. The highest BCUT2D eigenvalue weighted by atomic mass is 16.4. The third-order valence-corrected chi connectivity index (χ3v) is 4.71. The number of hydrogen-bond donors (Lipinski definition) is 1. The van der Waals surface area contributed by atoms with Crippen LogP contribution in [0.4, 0.5) is 0 Å². The van der Waals surface area contributed by atoms with Gasteiger partial charge in [0, 0.05) is 6.04 Å². The van der Waals surface area contributed by atoms with Crippen LogP contribution < -0.4 is 0 Å². The number of carboxylic acids is 1. The highest BCUT2D eigenvalue weighted by molar-refractivity contribution is 5.75. The van der Waals surface area contributed by atoms with Crippen LogP contribution in [0, 0.1) is 0 Å². The lowest BCUT2D eigenvalue weighted by atomic mass is 9.92. The van der Waals surface area contributed by atoms with E-state index in [2.05, 4.69) is 30.9 Å². The van der Waals surface area contributed by atoms with Crippen LogP contribution >= 0.6 is 0 Å². The first-order chi connectivity index (χ1) is 10.0. The van der Waals surface area contributed by atoms with E-state index in [0.717, 1.165) is 18.4 Å². The molecule has 21 heavy (non-hydrogen) atoms. The summed E-state index contributed by atoms with van der Waals surface area (Å²) in [5.74, 6) is -0.279. The van der Waals surface area contributed by atoms with Crippen LogP contribution in [0.25, 0.3) is 0 Å². The van der Waals surface area contributed by atoms with Gasteiger partial charge in [-0.3, -0.25) is 9.69 Å². The first kappa shape index (κ1) is 16.0. The molecule has 3 heteroatoms. The molecule has 1 aromatic rings. The molecular weight excluding hydrogens is 262 g/mol. The quantitative estimate of drug-likeness (QED) is 0.883. The van der Waals surface area contributed by atoms with Crippen molar-refractivity contribution in [2.75, 3.05) is 7.05 Å². The summed E-state index contributed by atoms with van der Waals surface area (Å²) in [5, 5.41) is 9.66. The smallest absolute Gasteiger partial charge is 0.325 e. The zero-order valence-electron chi connectivity index (χ0n) is 13.4. The van der Waals surface area contributed by atoms with Crippen molar-refractivity contribution in [3.63, 3.8) is 0 Å². The maximum atomic E-state index is 11.8. The lowest BCUT2D eigenvalue weighted by Gasteiger charge is -2.35. The number of carbonyl (C=O) groups is 1. The van der Waals surface area contributed by atoms with Crippen molar-refractivity contribution in [2.24, 2.45) is 0 Å². The van der Waals surface area contributed by atoms with Gasteiger partial charge in [-0.25, -0.2) is 0 Å². The minimum atomic E-state index is -0.750. The lowest BCUT2D eigenvalue weighted by Crippen LogP contribution is -2.40. The molecule has 1 aromatic carbocycles. The molecule has 1 aliphatic rings. The van der Waals surface area contributed by atoms with Crippen molar-refractivity contribution < 1.29 is 9.90 Å². The number of hydrogen-bond acceptors (Lipinski definition) is 2. The molecule has 0 heterocycles. The SMILES string of the molecule is CC(C)c1ccc(C(C(=O)O)N(C)C2CCCCC2)cc1. The molecule has 0 radical (unpaired) electrons. The normalized spacial score (nSPS) is 18.1. The van der Waals surface area contributed by atoms with E-state index in [1.54, 1.807) is 0 Å². The van der Waals surface area contributed by atoms with Gasteiger partial charge in [-0.1, -0.05) is 57.4 Å². The Bertz CT molecular complexity index is 461. The Kier molecular flexibility index (Phi) is 5.40. The van der Waals surface area contributed by atoms with Crippen LogP contribution in [0.3, 0.4) is 0 Å². The molecule has 1 fully saturated rings. The fraction of sp³-hybridized carbons (Fsp3) is 0.611. The minimum absolute atomic E-state index is 0.393. The summed E-state index contributed by atoms with van der Waals surface area (Å²) < 4.78 is 0. The molecule has 1 saturated carbocycles. The first-order valence-corrected chi connectivity index (χ1v) is 8.05. The van der Waals surface area contributed by atoms with E-state index < -0.39 is 12.0 Å². The van der Waals surface area contributed by atoms with Gasteiger partial charge < -0.3 is 5.11 Å². The van der Waals surface area contributed by atoms with Gasteiger partial charge in [0.15, 0.2) is 0 Å². The van der Waals surface area contributed by atoms with Crippen molar-refractivity contribution in [3.8, 4) is 0 Å². The van der Waals surface area contributed by atoms with Crippen LogP contribution in [-0.4, -0.2) is 29.1 Å². The number of nitrogens with zero attached hydrogens (tertiary/aromatic N) is 1. The average molecular weight is 289 g/mol. The number of carboxylic acid groups (broad SMARTS) is 1. The van der Waals surface area contributed by atoms with Crippen molar-refractivity contribution in [3.05, 3.63) is 35.4 Å². The average Bonchev–Trinajstić information content (AvgIpc) is 2.48. The van der Waals surface area contributed by atoms with E-state index in [-0.39, 0.29) is 0 Å². The molecule has 0 bridgehead atoms. The number of aliphatic carboxylic acids is 1. The summed E-state index contributed by atoms with van der Waals surface area (Å²) in [6.07, 6.45) is 5.95. The molecular formula is C18H27NO2. The Labute approximate surface area is 128 Å². The second-order valence-electron chi connectivity index (χ2n) is 6.52. The van der Waals surface area contributed by atoms with Gasteiger partial charge in [-0.05, 0) is 36.9 Å². The Hall–Kier alpha value is -1.35. The summed E-state index contributed by atoms with van der Waals surface area (Å²) >= 11 is 0. The molecule has 116 valence electrons. The molecule has 1 unspecified atom stereocenters. The molecule has 0 amide bonds. The number of likely N-dealkylation sites (N-methyl/N-ethyl adjacent to an activating group) is 1. The molecule has 0 aliphatic heterocycles. The zero-order chi connectivity index (χ0) is 15.4. The third kappa shape index (κ3) is 3.85. The molecule has 1 atom stereocenters. The predicted octanol–water partition coefficient (Wildman–Crippen LogP) is 4.20. The van der Waals surface area contributed by atoms with Gasteiger partial charge in [0.2, 0.25) is 0 Å². The molecule has 2 rings (SSSR count). The summed E-state index contributed by atoms with van der Waals surface area (Å²) in [4.78, 5) is 13.8. The van der Waals surface area contributed by atoms with Crippen LogP contribution in [-0.2, 0) is 4.79 Å². The van der Waals surface area contributed by atoms with Gasteiger partial charge in [-0.2, -0.15) is 0 Å². The van der Waals surface area contributed by atoms with Crippen LogP contribution in [0.2, 0.25) is 0 Å². The molecule has 3 nitrogen and oxygen atoms in total. The highest BCUT2D eigenvalue weighted by Gasteiger charge is 2.30. The zero-order valence-corrected chi connectivity index (χ0v) is 13.4. The second kappa shape index (κ2) is 7.08. The Morgan fingerprint density at radius 2 is 1.62 bits per heavy atom. The first-order valence-electron chi connectivity index (χ1n) is 8.05. The molecule has 1 N–H and O–H groups in total. The fourth-order valence-electron chi connectivity index (χ4n) is 3.31. The summed E-state index contributed by atoms with van der Waals surface area (Å²) in [6.45, 7) is 4.30. The van der Waals surface area contributed by atoms with Crippen molar-refractivity contribution in [1.29, 1.82) is 0 Å². The molecule has 1 aliphatic carbocycles. The maximum absolute atomic E-state index is 11.8. The van der Waals surface area contributed by atoms with E-state index in [0.29, 0.717) is 12.0 Å². The van der Waals surface area contributed by atoms with Crippen LogP contribution in [0.1, 0.15) is 69.0 Å². The van der Waals surface area contributed by atoms with E-state index >= 15 is 0 Å². The Morgan fingerprint density at radius 1 is 1.10 bits per heavy atom. The minimum Gasteiger partial charge on any atom is -0.480 e. The van der Waals surface area contributed by atoms with Gasteiger partial charge in [0.25, 0.3) is 0 Å². The van der Waals surface area contributed by atoms with E-state index in [4.69, 9.17) is 0 Å². The molecule has 0 saturated heterocycles. The van der Waals surface area contributed by atoms with Crippen molar-refractivity contribution in [1.82, 2.24) is 4.90 Å². The van der Waals surface area contributed by atoms with Gasteiger partial charge >= 0.3 is 5.97 Å². The van der Waals surface area contributed by atoms with Crippen LogP contribution in [0.5, 0.6) is 0 Å². The topological polar surface area (TPSA) is 40.5 Å². The highest BCUT2D eigenvalue weighted by Crippen LogP contribution is 2.30. The standard InChI is InChI=1S/C18H27NO2/c1-13(2)14-9-11-15(12-10-14)17(18(20)21)19(3)16-7-5-4-6-8-16/h9-13,16-17H,4-8H2,1-3H3,(H,20,21). The van der Waals surface area contributed by atoms with Gasteiger partial charge in [0.1, 0.15) is 6.04 Å². The van der Waals surface area contributed by atoms with Gasteiger partial charge in [-0.15, -0.1) is 0 Å². The lowest BCUT2D eigenvalue weighted by molar-refractivity contribution is -0.144. The van der Waals surface area contributed by atoms with E-state index in [1.807, 2.05) is 19.2 Å². The van der Waals surface area contributed by atoms with E-state index in [1.165, 1.54) is 24.8 Å². The Morgan fingerprint density at radius 3 is 2.10 bits per heavy atom. The number of rotatable bonds is 5. The van der Waals surface area contributed by atoms with E-state index in [9.17, 15) is 9.90 Å². The fourth-order valence-corrected chi connectivity index (χ4v) is 3.31. The predicted molar refractivity (Wildman–Crippen MR) is 85.5 cm³/mol. The maximum Gasteiger partial charge on any atom is 0.325 e. The number of benzene rings is 1. The second-order valence-corrected chi connectivity index (χ2v) is 6.52. The van der Waals surface area contributed by atoms with Gasteiger partial charge in [0.05, 0.1) is 0 Å². The summed E-state index contributed by atoms with van der Waals surface area (Å²) in [5.41, 5.74) is 2.14. The van der Waals surface area contributed by atoms with Crippen molar-refractivity contribution in [2.45, 2.75) is 64.0 Å². The third-order valence-electron chi connectivity index (χ3n) is 4.71. The summed E-state index contributed by atoms with van der Waals surface area (Å²) in [7, 11) is 1.96. The van der Waals surface area contributed by atoms with Crippen LogP contribution in [0.15, 0.2) is 24.3 Å². The summed E-state index contributed by atoms with van der Waals surface area (Å²) in [6, 6.07) is 7.94. The molecule has 0 aromatic heterocycles. The monoisotopic (exact) mass is 289 g/mol.